The lowest BCUT2D eigenvalue weighted by Crippen LogP contribution is -2.54. The lowest BCUT2D eigenvalue weighted by molar-refractivity contribution is -0.135. The van der Waals surface area contributed by atoms with E-state index in [1.807, 2.05) is 0 Å². The highest BCUT2D eigenvalue weighted by Crippen LogP contribution is 2.63. The molecule has 4 aliphatic carbocycles. The van der Waals surface area contributed by atoms with Gasteiger partial charge in [0, 0.05) is 11.8 Å². The third-order valence-electron chi connectivity index (χ3n) is 7.75. The van der Waals surface area contributed by atoms with E-state index < -0.39 is 0 Å². The maximum absolute atomic E-state index is 12.4. The fourth-order valence-electron chi connectivity index (χ4n) is 6.46. The standard InChI is InChI=1S/C19H28O2/c1-18-9-4-3-5-12(18)11-15(20)17-13-6-7-16(21)19(13,2)10-8-14(17)18/h11,13-15,17,20H,3-10H2,1-2H3/t13-,14-,15+,17-,18-,19-/m0/s1. The smallest absolute Gasteiger partial charge is 0.139 e. The van der Waals surface area contributed by atoms with Gasteiger partial charge in [0.1, 0.15) is 5.78 Å². The first kappa shape index (κ1) is 14.0. The van der Waals surface area contributed by atoms with E-state index in [4.69, 9.17) is 0 Å². The molecular weight excluding hydrogens is 260 g/mol. The van der Waals surface area contributed by atoms with Gasteiger partial charge in [-0.2, -0.15) is 0 Å². The molecule has 21 heavy (non-hydrogen) atoms. The summed E-state index contributed by atoms with van der Waals surface area (Å²) in [7, 11) is 0. The van der Waals surface area contributed by atoms with Gasteiger partial charge in [-0.1, -0.05) is 31.9 Å². The number of Topliss-reactive ketones (excluding diaryl/α,β-unsaturated/α-hetero) is 1. The minimum absolute atomic E-state index is 0.140. The van der Waals surface area contributed by atoms with Crippen LogP contribution < -0.4 is 0 Å². The Labute approximate surface area is 128 Å². The normalized spacial score (nSPS) is 52.7. The van der Waals surface area contributed by atoms with Crippen LogP contribution >= 0.6 is 0 Å². The monoisotopic (exact) mass is 288 g/mol. The topological polar surface area (TPSA) is 37.3 Å². The fourth-order valence-corrected chi connectivity index (χ4v) is 6.46. The van der Waals surface area contributed by atoms with Crippen molar-refractivity contribution in [1.82, 2.24) is 0 Å². The van der Waals surface area contributed by atoms with E-state index in [-0.39, 0.29) is 11.5 Å². The van der Waals surface area contributed by atoms with E-state index in [9.17, 15) is 9.90 Å². The summed E-state index contributed by atoms with van der Waals surface area (Å²) in [6, 6.07) is 0. The third-order valence-corrected chi connectivity index (χ3v) is 7.75. The molecule has 0 aliphatic heterocycles. The van der Waals surface area contributed by atoms with Crippen LogP contribution in [0.5, 0.6) is 0 Å². The largest absolute Gasteiger partial charge is 0.389 e. The highest BCUT2D eigenvalue weighted by Gasteiger charge is 2.60. The van der Waals surface area contributed by atoms with E-state index in [1.165, 1.54) is 31.3 Å². The Balaban J connectivity index is 1.76. The molecular formula is C19H28O2. The Morgan fingerprint density at radius 3 is 2.62 bits per heavy atom. The Morgan fingerprint density at radius 2 is 1.81 bits per heavy atom. The van der Waals surface area contributed by atoms with Gasteiger partial charge in [-0.3, -0.25) is 4.79 Å². The zero-order valence-electron chi connectivity index (χ0n) is 13.4. The quantitative estimate of drug-likeness (QED) is 0.687. The molecule has 0 saturated heterocycles. The summed E-state index contributed by atoms with van der Waals surface area (Å²) < 4.78 is 0. The maximum Gasteiger partial charge on any atom is 0.139 e. The molecule has 0 aromatic rings. The minimum atomic E-state index is -0.313. The first-order valence-electron chi connectivity index (χ1n) is 8.89. The second-order valence-electron chi connectivity index (χ2n) is 8.52. The number of fused-ring (bicyclic) bond motifs is 5. The van der Waals surface area contributed by atoms with Crippen molar-refractivity contribution in [3.05, 3.63) is 11.6 Å². The van der Waals surface area contributed by atoms with Crippen LogP contribution in [0.4, 0.5) is 0 Å². The number of allylic oxidation sites excluding steroid dienone is 1. The van der Waals surface area contributed by atoms with E-state index in [1.54, 1.807) is 0 Å². The van der Waals surface area contributed by atoms with Crippen molar-refractivity contribution in [2.24, 2.45) is 28.6 Å². The van der Waals surface area contributed by atoms with Gasteiger partial charge in [0.15, 0.2) is 0 Å². The van der Waals surface area contributed by atoms with Gasteiger partial charge in [0.05, 0.1) is 6.10 Å². The molecule has 3 saturated carbocycles. The molecule has 4 aliphatic rings. The predicted octanol–water partition coefficient (Wildman–Crippen LogP) is 3.88. The van der Waals surface area contributed by atoms with E-state index >= 15 is 0 Å². The van der Waals surface area contributed by atoms with Crippen molar-refractivity contribution >= 4 is 5.78 Å². The number of carbonyl (C=O) groups is 1. The molecule has 0 amide bonds. The van der Waals surface area contributed by atoms with Crippen LogP contribution in [0.2, 0.25) is 0 Å². The summed E-state index contributed by atoms with van der Waals surface area (Å²) in [5, 5.41) is 10.8. The molecule has 2 heteroatoms. The molecule has 0 bridgehead atoms. The number of aliphatic hydroxyl groups is 1. The number of carbonyl (C=O) groups excluding carboxylic acids is 1. The predicted molar refractivity (Wildman–Crippen MR) is 82.7 cm³/mol. The van der Waals surface area contributed by atoms with Crippen LogP contribution in [0.25, 0.3) is 0 Å². The Morgan fingerprint density at radius 1 is 1.05 bits per heavy atom. The molecule has 0 radical (unpaired) electrons. The van der Waals surface area contributed by atoms with Crippen LogP contribution in [0.3, 0.4) is 0 Å². The number of hydrogen-bond acceptors (Lipinski definition) is 2. The van der Waals surface area contributed by atoms with Gasteiger partial charge in [0.25, 0.3) is 0 Å². The average molecular weight is 288 g/mol. The second-order valence-corrected chi connectivity index (χ2v) is 8.52. The fraction of sp³-hybridized carbons (Fsp3) is 0.842. The summed E-state index contributed by atoms with van der Waals surface area (Å²) in [6.07, 6.45) is 10.9. The second kappa shape index (κ2) is 4.44. The van der Waals surface area contributed by atoms with Crippen molar-refractivity contribution in [2.45, 2.75) is 71.3 Å². The summed E-state index contributed by atoms with van der Waals surface area (Å²) in [5.74, 6) is 1.79. The first-order chi connectivity index (χ1) is 9.97. The van der Waals surface area contributed by atoms with E-state index in [0.717, 1.165) is 25.7 Å². The summed E-state index contributed by atoms with van der Waals surface area (Å²) >= 11 is 0. The van der Waals surface area contributed by atoms with Crippen molar-refractivity contribution in [2.75, 3.05) is 0 Å². The van der Waals surface area contributed by atoms with Gasteiger partial charge in [-0.05, 0) is 61.7 Å². The molecule has 0 heterocycles. The van der Waals surface area contributed by atoms with Gasteiger partial charge in [-0.15, -0.1) is 0 Å². The lowest BCUT2D eigenvalue weighted by Gasteiger charge is -2.57. The summed E-state index contributed by atoms with van der Waals surface area (Å²) in [5.41, 5.74) is 1.68. The summed E-state index contributed by atoms with van der Waals surface area (Å²) in [6.45, 7) is 4.62. The molecule has 3 fully saturated rings. The van der Waals surface area contributed by atoms with Gasteiger partial charge < -0.3 is 5.11 Å². The molecule has 0 unspecified atom stereocenters. The Kier molecular flexibility index (Phi) is 2.96. The number of ketones is 1. The third kappa shape index (κ3) is 1.72. The maximum atomic E-state index is 12.4. The van der Waals surface area contributed by atoms with Gasteiger partial charge in [0.2, 0.25) is 0 Å². The number of aliphatic hydroxyl groups excluding tert-OH is 1. The van der Waals surface area contributed by atoms with E-state index in [2.05, 4.69) is 19.9 Å². The van der Waals surface area contributed by atoms with Gasteiger partial charge in [-0.25, -0.2) is 0 Å². The first-order valence-corrected chi connectivity index (χ1v) is 8.89. The number of hydrogen-bond donors (Lipinski definition) is 1. The zero-order chi connectivity index (χ0) is 14.8. The van der Waals surface area contributed by atoms with Crippen molar-refractivity contribution in [3.8, 4) is 0 Å². The molecule has 2 nitrogen and oxygen atoms in total. The molecule has 4 rings (SSSR count). The van der Waals surface area contributed by atoms with Crippen LogP contribution in [0, 0.1) is 28.6 Å². The van der Waals surface area contributed by atoms with Crippen molar-refractivity contribution in [1.29, 1.82) is 0 Å². The zero-order valence-corrected chi connectivity index (χ0v) is 13.4. The molecule has 0 aromatic heterocycles. The molecule has 0 aromatic carbocycles. The Bertz CT molecular complexity index is 508. The summed E-state index contributed by atoms with van der Waals surface area (Å²) in [4.78, 5) is 12.4. The molecule has 6 atom stereocenters. The van der Waals surface area contributed by atoms with Crippen LogP contribution in [-0.2, 0) is 4.79 Å². The molecule has 0 spiro atoms. The average Bonchev–Trinajstić information content (AvgIpc) is 2.76. The Hall–Kier alpha value is -0.630. The van der Waals surface area contributed by atoms with Crippen LogP contribution in [-0.4, -0.2) is 17.0 Å². The molecule has 1 N–H and O–H groups in total. The lowest BCUT2D eigenvalue weighted by atomic mass is 9.47. The van der Waals surface area contributed by atoms with Crippen molar-refractivity contribution < 1.29 is 9.90 Å². The van der Waals surface area contributed by atoms with Crippen LogP contribution in [0.15, 0.2) is 11.6 Å². The SMILES string of the molecule is C[C@]12CCCCC1=C[C@@H](O)[C@@H]1[C@@H]2CC[C@]2(C)C(=O)CC[C@@H]12. The van der Waals surface area contributed by atoms with E-state index in [0.29, 0.717) is 29.0 Å². The van der Waals surface area contributed by atoms with Crippen LogP contribution in [0.1, 0.15) is 65.2 Å². The highest BCUT2D eigenvalue weighted by molar-refractivity contribution is 5.87. The van der Waals surface area contributed by atoms with Crippen molar-refractivity contribution in [3.63, 3.8) is 0 Å². The molecule has 116 valence electrons. The van der Waals surface area contributed by atoms with Gasteiger partial charge >= 0.3 is 0 Å². The highest BCUT2D eigenvalue weighted by atomic mass is 16.3. The minimum Gasteiger partial charge on any atom is -0.389 e. The number of rotatable bonds is 0.